The molecule has 34 heavy (non-hydrogen) atoms. The van der Waals surface area contributed by atoms with E-state index in [0.29, 0.717) is 28.8 Å². The highest BCUT2D eigenvalue weighted by Crippen LogP contribution is 2.28. The molecule has 2 N–H and O–H groups in total. The van der Waals surface area contributed by atoms with Crippen LogP contribution in [0.15, 0.2) is 52.6 Å². The Morgan fingerprint density at radius 1 is 1.18 bits per heavy atom. The van der Waals surface area contributed by atoms with Crippen LogP contribution in [-0.4, -0.2) is 31.8 Å². The SMILES string of the molecule is CC(C)Oc1ccc(C(=O)Nc2cc(-c3cccs3)nn2-c2nc3c(c(=O)[nH]2)CCCC3)cc1. The smallest absolute Gasteiger partial charge is 0.256 e. The summed E-state index contributed by atoms with van der Waals surface area (Å²) in [6.07, 6.45) is 3.54. The molecular formula is C25H25N5O3S. The number of aryl methyl sites for hydroxylation is 1. The quantitative estimate of drug-likeness (QED) is 0.424. The number of rotatable bonds is 6. The summed E-state index contributed by atoms with van der Waals surface area (Å²) in [6.45, 7) is 3.90. The van der Waals surface area contributed by atoms with Gasteiger partial charge in [-0.05, 0) is 75.2 Å². The van der Waals surface area contributed by atoms with Gasteiger partial charge in [-0.15, -0.1) is 11.3 Å². The molecular weight excluding hydrogens is 450 g/mol. The van der Waals surface area contributed by atoms with Gasteiger partial charge in [0.25, 0.3) is 11.5 Å². The minimum atomic E-state index is -0.296. The maximum atomic E-state index is 13.0. The third-order valence-electron chi connectivity index (χ3n) is 5.59. The van der Waals surface area contributed by atoms with Crippen molar-refractivity contribution in [2.45, 2.75) is 45.6 Å². The molecule has 1 aliphatic rings. The highest BCUT2D eigenvalue weighted by Gasteiger charge is 2.20. The van der Waals surface area contributed by atoms with E-state index in [1.807, 2.05) is 31.4 Å². The summed E-state index contributed by atoms with van der Waals surface area (Å²) in [6, 6.07) is 12.7. The lowest BCUT2D eigenvalue weighted by Gasteiger charge is -2.15. The van der Waals surface area contributed by atoms with E-state index >= 15 is 0 Å². The second-order valence-corrected chi connectivity index (χ2v) is 9.42. The first-order valence-electron chi connectivity index (χ1n) is 11.3. The molecule has 3 heterocycles. The average molecular weight is 476 g/mol. The Bertz CT molecular complexity index is 1370. The van der Waals surface area contributed by atoms with Crippen molar-refractivity contribution in [1.82, 2.24) is 19.7 Å². The van der Waals surface area contributed by atoms with Gasteiger partial charge in [0.15, 0.2) is 0 Å². The number of carbonyl (C=O) groups excluding carboxylic acids is 1. The number of nitrogens with zero attached hydrogens (tertiary/aromatic N) is 3. The lowest BCUT2D eigenvalue weighted by molar-refractivity contribution is 0.102. The Kier molecular flexibility index (Phi) is 6.02. The monoisotopic (exact) mass is 475 g/mol. The van der Waals surface area contributed by atoms with E-state index in [0.717, 1.165) is 41.8 Å². The van der Waals surface area contributed by atoms with Crippen LogP contribution in [0.2, 0.25) is 0 Å². The third-order valence-corrected chi connectivity index (χ3v) is 6.48. The molecule has 174 valence electrons. The minimum Gasteiger partial charge on any atom is -0.491 e. The second kappa shape index (κ2) is 9.26. The Morgan fingerprint density at radius 3 is 2.71 bits per heavy atom. The van der Waals surface area contributed by atoms with Crippen LogP contribution >= 0.6 is 11.3 Å². The van der Waals surface area contributed by atoms with Gasteiger partial charge in [-0.2, -0.15) is 9.78 Å². The molecule has 1 amide bonds. The van der Waals surface area contributed by atoms with Crippen LogP contribution in [-0.2, 0) is 12.8 Å². The summed E-state index contributed by atoms with van der Waals surface area (Å²) < 4.78 is 7.16. The zero-order chi connectivity index (χ0) is 23.7. The van der Waals surface area contributed by atoms with Crippen molar-refractivity contribution >= 4 is 23.1 Å². The summed E-state index contributed by atoms with van der Waals surface area (Å²) in [5.41, 5.74) is 2.57. The molecule has 1 aromatic carbocycles. The molecule has 0 spiro atoms. The topological polar surface area (TPSA) is 102 Å². The number of fused-ring (bicyclic) bond motifs is 1. The summed E-state index contributed by atoms with van der Waals surface area (Å²) in [4.78, 5) is 34.3. The van der Waals surface area contributed by atoms with Crippen molar-refractivity contribution in [3.8, 4) is 22.3 Å². The van der Waals surface area contributed by atoms with E-state index in [1.165, 1.54) is 4.68 Å². The van der Waals surface area contributed by atoms with Crippen molar-refractivity contribution in [2.75, 3.05) is 5.32 Å². The third kappa shape index (κ3) is 4.51. The molecule has 0 aliphatic heterocycles. The fourth-order valence-electron chi connectivity index (χ4n) is 4.01. The lowest BCUT2D eigenvalue weighted by atomic mass is 9.97. The fraction of sp³-hybridized carbons (Fsp3) is 0.280. The number of nitrogens with one attached hydrogen (secondary N) is 2. The van der Waals surface area contributed by atoms with Crippen LogP contribution < -0.4 is 15.6 Å². The fourth-order valence-corrected chi connectivity index (χ4v) is 4.69. The predicted octanol–water partition coefficient (Wildman–Crippen LogP) is 4.60. The van der Waals surface area contributed by atoms with E-state index in [2.05, 4.69) is 15.4 Å². The van der Waals surface area contributed by atoms with Crippen LogP contribution in [0.3, 0.4) is 0 Å². The molecule has 0 radical (unpaired) electrons. The van der Waals surface area contributed by atoms with Crippen molar-refractivity contribution in [3.05, 3.63) is 75.0 Å². The van der Waals surface area contributed by atoms with Gasteiger partial charge < -0.3 is 10.1 Å². The van der Waals surface area contributed by atoms with Crippen LogP contribution in [0.1, 0.15) is 48.3 Å². The summed E-state index contributed by atoms with van der Waals surface area (Å²) in [5.74, 6) is 1.13. The molecule has 1 aliphatic carbocycles. The number of anilines is 1. The van der Waals surface area contributed by atoms with E-state index < -0.39 is 0 Å². The molecule has 4 aromatic rings. The number of carbonyl (C=O) groups is 1. The molecule has 9 heteroatoms. The highest BCUT2D eigenvalue weighted by molar-refractivity contribution is 7.13. The number of amides is 1. The molecule has 0 unspecified atom stereocenters. The lowest BCUT2D eigenvalue weighted by Crippen LogP contribution is -2.24. The van der Waals surface area contributed by atoms with Gasteiger partial charge in [0, 0.05) is 17.2 Å². The first-order valence-corrected chi connectivity index (χ1v) is 12.2. The number of ether oxygens (including phenoxy) is 1. The zero-order valence-corrected chi connectivity index (χ0v) is 19.8. The van der Waals surface area contributed by atoms with Crippen molar-refractivity contribution in [3.63, 3.8) is 0 Å². The molecule has 0 fully saturated rings. The Hall–Kier alpha value is -3.72. The number of benzene rings is 1. The number of H-pyrrole nitrogens is 1. The van der Waals surface area contributed by atoms with Crippen LogP contribution in [0.4, 0.5) is 5.82 Å². The molecule has 0 saturated carbocycles. The van der Waals surface area contributed by atoms with Gasteiger partial charge in [-0.1, -0.05) is 6.07 Å². The molecule has 3 aromatic heterocycles. The van der Waals surface area contributed by atoms with E-state index in [1.54, 1.807) is 41.7 Å². The molecule has 8 nitrogen and oxygen atoms in total. The van der Waals surface area contributed by atoms with E-state index in [4.69, 9.17) is 9.72 Å². The summed E-state index contributed by atoms with van der Waals surface area (Å²) in [5, 5.41) is 9.56. The van der Waals surface area contributed by atoms with Gasteiger partial charge in [0.05, 0.1) is 16.7 Å². The van der Waals surface area contributed by atoms with Crippen LogP contribution in [0.5, 0.6) is 5.75 Å². The predicted molar refractivity (Wildman–Crippen MR) is 132 cm³/mol. The first-order chi connectivity index (χ1) is 16.5. The van der Waals surface area contributed by atoms with Crippen LogP contribution in [0, 0.1) is 0 Å². The summed E-state index contributed by atoms with van der Waals surface area (Å²) >= 11 is 1.55. The second-order valence-electron chi connectivity index (χ2n) is 8.47. The highest BCUT2D eigenvalue weighted by atomic mass is 32.1. The zero-order valence-electron chi connectivity index (χ0n) is 19.0. The number of hydrogen-bond donors (Lipinski definition) is 2. The van der Waals surface area contributed by atoms with Crippen LogP contribution in [0.25, 0.3) is 16.5 Å². The van der Waals surface area contributed by atoms with Gasteiger partial charge in [-0.25, -0.2) is 4.98 Å². The molecule has 0 bridgehead atoms. The van der Waals surface area contributed by atoms with Crippen molar-refractivity contribution in [1.29, 1.82) is 0 Å². The average Bonchev–Trinajstić information content (AvgIpc) is 3.49. The largest absolute Gasteiger partial charge is 0.491 e. The first kappa shape index (κ1) is 22.1. The van der Waals surface area contributed by atoms with Gasteiger partial charge >= 0.3 is 0 Å². The molecule has 5 rings (SSSR count). The number of hydrogen-bond acceptors (Lipinski definition) is 6. The normalized spacial score (nSPS) is 13.0. The Balaban J connectivity index is 1.50. The molecule has 0 saturated heterocycles. The van der Waals surface area contributed by atoms with Gasteiger partial charge in [0.1, 0.15) is 17.3 Å². The number of thiophene rings is 1. The Morgan fingerprint density at radius 2 is 1.97 bits per heavy atom. The van der Waals surface area contributed by atoms with E-state index in [9.17, 15) is 9.59 Å². The number of aromatic amines is 1. The van der Waals surface area contributed by atoms with E-state index in [-0.39, 0.29) is 17.6 Å². The minimum absolute atomic E-state index is 0.0518. The maximum Gasteiger partial charge on any atom is 0.256 e. The van der Waals surface area contributed by atoms with Crippen molar-refractivity contribution < 1.29 is 9.53 Å². The van der Waals surface area contributed by atoms with Gasteiger partial charge in [-0.3, -0.25) is 14.6 Å². The summed E-state index contributed by atoms with van der Waals surface area (Å²) in [7, 11) is 0. The van der Waals surface area contributed by atoms with Crippen molar-refractivity contribution in [2.24, 2.45) is 0 Å². The molecule has 0 atom stereocenters. The standard InChI is InChI=1S/C25H25N5O3S/c1-15(2)33-17-11-9-16(10-12-17)23(31)27-22-14-20(21-8-5-13-34-21)29-30(22)25-26-19-7-4-3-6-18(19)24(32)28-25/h5,8-15H,3-4,6-7H2,1-2H3,(H,27,31)(H,26,28,32). The number of aromatic nitrogens is 4. The Labute approximate surface area is 200 Å². The van der Waals surface area contributed by atoms with Gasteiger partial charge in [0.2, 0.25) is 5.95 Å². The maximum absolute atomic E-state index is 13.0.